The average Bonchev–Trinajstić information content (AvgIpc) is 3.37. The number of benzene rings is 1. The number of aryl methyl sites for hydroxylation is 1. The maximum absolute atomic E-state index is 12.2. The van der Waals surface area contributed by atoms with E-state index < -0.39 is 0 Å². The Kier molecular flexibility index (Phi) is 5.29. The third-order valence-electron chi connectivity index (χ3n) is 4.37. The summed E-state index contributed by atoms with van der Waals surface area (Å²) in [5.41, 5.74) is 2.52. The van der Waals surface area contributed by atoms with Gasteiger partial charge in [0.1, 0.15) is 12.1 Å². The van der Waals surface area contributed by atoms with Crippen LogP contribution in [0.4, 0.5) is 5.82 Å². The van der Waals surface area contributed by atoms with Gasteiger partial charge in [-0.15, -0.1) is 11.3 Å². The summed E-state index contributed by atoms with van der Waals surface area (Å²) in [7, 11) is 0. The Morgan fingerprint density at radius 1 is 1.18 bits per heavy atom. The average molecular weight is 392 g/mol. The van der Waals surface area contributed by atoms with E-state index in [1.165, 1.54) is 11.2 Å². The second-order valence-corrected chi connectivity index (χ2v) is 7.41. The Hall–Kier alpha value is -3.26. The van der Waals surface area contributed by atoms with Gasteiger partial charge in [-0.2, -0.15) is 5.10 Å². The number of nitrogens with one attached hydrogen (secondary N) is 2. The minimum absolute atomic E-state index is 0.0932. The molecule has 0 saturated carbocycles. The molecule has 0 aliphatic heterocycles. The minimum Gasteiger partial charge on any atom is -0.364 e. The monoisotopic (exact) mass is 392 g/mol. The second kappa shape index (κ2) is 8.18. The van der Waals surface area contributed by atoms with Crippen molar-refractivity contribution in [2.45, 2.75) is 20.0 Å². The highest BCUT2D eigenvalue weighted by Gasteiger charge is 2.10. The number of carbonyl (C=O) groups is 1. The number of thiophene rings is 1. The summed E-state index contributed by atoms with van der Waals surface area (Å²) in [6, 6.07) is 11.6. The predicted octanol–water partition coefficient (Wildman–Crippen LogP) is 3.24. The van der Waals surface area contributed by atoms with Gasteiger partial charge in [0.05, 0.1) is 24.7 Å². The fourth-order valence-electron chi connectivity index (χ4n) is 2.86. The first-order valence-corrected chi connectivity index (χ1v) is 9.86. The molecule has 0 spiro atoms. The Morgan fingerprint density at radius 2 is 2.04 bits per heavy atom. The van der Waals surface area contributed by atoms with Crippen molar-refractivity contribution in [3.8, 4) is 0 Å². The van der Waals surface area contributed by atoms with Gasteiger partial charge in [0, 0.05) is 17.0 Å². The van der Waals surface area contributed by atoms with Crippen molar-refractivity contribution in [1.82, 2.24) is 25.1 Å². The molecule has 0 aliphatic carbocycles. The van der Waals surface area contributed by atoms with Crippen LogP contribution >= 0.6 is 11.3 Å². The summed E-state index contributed by atoms with van der Waals surface area (Å²) in [6.07, 6.45) is 3.29. The SMILES string of the molecule is Cc1ccc(C(=O)NCCn2ncc3c(NCc4cccs4)ncnc32)cc1. The lowest BCUT2D eigenvalue weighted by Gasteiger charge is -2.07. The highest BCUT2D eigenvalue weighted by molar-refractivity contribution is 7.09. The van der Waals surface area contributed by atoms with Crippen LogP contribution in [0.25, 0.3) is 11.0 Å². The molecule has 0 saturated heterocycles. The fourth-order valence-corrected chi connectivity index (χ4v) is 3.51. The summed E-state index contributed by atoms with van der Waals surface area (Å²) in [6.45, 7) is 3.70. The standard InChI is InChI=1S/C20H20N6OS/c1-14-4-6-15(7-5-14)20(27)21-8-9-26-19-17(12-25-26)18(23-13-24-19)22-11-16-3-2-10-28-16/h2-7,10,12-13H,8-9,11H2,1H3,(H,21,27)(H,22,23,24). The molecule has 3 heterocycles. The molecule has 0 fully saturated rings. The quantitative estimate of drug-likeness (QED) is 0.504. The van der Waals surface area contributed by atoms with E-state index in [0.717, 1.165) is 22.4 Å². The molecular weight excluding hydrogens is 372 g/mol. The van der Waals surface area contributed by atoms with Crippen molar-refractivity contribution in [3.63, 3.8) is 0 Å². The van der Waals surface area contributed by atoms with Crippen LogP contribution in [0.3, 0.4) is 0 Å². The number of aromatic nitrogens is 4. The van der Waals surface area contributed by atoms with Gasteiger partial charge in [0.15, 0.2) is 5.65 Å². The first-order valence-electron chi connectivity index (χ1n) is 8.98. The third-order valence-corrected chi connectivity index (χ3v) is 5.24. The van der Waals surface area contributed by atoms with Crippen molar-refractivity contribution in [3.05, 3.63) is 70.3 Å². The topological polar surface area (TPSA) is 84.7 Å². The van der Waals surface area contributed by atoms with E-state index in [1.807, 2.05) is 37.3 Å². The van der Waals surface area contributed by atoms with Crippen molar-refractivity contribution in [2.24, 2.45) is 0 Å². The highest BCUT2D eigenvalue weighted by Crippen LogP contribution is 2.20. The number of hydrogen-bond acceptors (Lipinski definition) is 6. The Morgan fingerprint density at radius 3 is 2.82 bits per heavy atom. The molecule has 7 nitrogen and oxygen atoms in total. The normalized spacial score (nSPS) is 10.9. The van der Waals surface area contributed by atoms with E-state index in [4.69, 9.17) is 0 Å². The zero-order valence-electron chi connectivity index (χ0n) is 15.4. The summed E-state index contributed by atoms with van der Waals surface area (Å²) < 4.78 is 1.78. The van der Waals surface area contributed by atoms with E-state index in [2.05, 4.69) is 37.1 Å². The van der Waals surface area contributed by atoms with Gasteiger partial charge >= 0.3 is 0 Å². The van der Waals surface area contributed by atoms with Crippen LogP contribution < -0.4 is 10.6 Å². The molecule has 1 amide bonds. The zero-order valence-corrected chi connectivity index (χ0v) is 16.2. The first-order chi connectivity index (χ1) is 13.7. The van der Waals surface area contributed by atoms with E-state index in [-0.39, 0.29) is 5.91 Å². The maximum Gasteiger partial charge on any atom is 0.251 e. The smallest absolute Gasteiger partial charge is 0.251 e. The molecule has 0 radical (unpaired) electrons. The van der Waals surface area contributed by atoms with Gasteiger partial charge < -0.3 is 10.6 Å². The minimum atomic E-state index is -0.0932. The molecular formula is C20H20N6OS. The molecule has 4 aromatic rings. The van der Waals surface area contributed by atoms with Gasteiger partial charge in [0.25, 0.3) is 5.91 Å². The van der Waals surface area contributed by atoms with Gasteiger partial charge in [-0.3, -0.25) is 4.79 Å². The lowest BCUT2D eigenvalue weighted by atomic mass is 10.1. The molecule has 4 rings (SSSR count). The highest BCUT2D eigenvalue weighted by atomic mass is 32.1. The molecule has 0 unspecified atom stereocenters. The maximum atomic E-state index is 12.2. The molecule has 0 atom stereocenters. The number of fused-ring (bicyclic) bond motifs is 1. The Labute approximate surface area is 166 Å². The Balaban J connectivity index is 1.39. The largest absolute Gasteiger partial charge is 0.364 e. The summed E-state index contributed by atoms with van der Waals surface area (Å²) >= 11 is 1.70. The van der Waals surface area contributed by atoms with E-state index in [9.17, 15) is 4.79 Å². The number of hydrogen-bond donors (Lipinski definition) is 2. The van der Waals surface area contributed by atoms with Gasteiger partial charge in [-0.1, -0.05) is 23.8 Å². The molecule has 3 aromatic heterocycles. The van der Waals surface area contributed by atoms with Crippen LogP contribution in [-0.2, 0) is 13.1 Å². The van der Waals surface area contributed by atoms with Crippen LogP contribution in [0.15, 0.2) is 54.3 Å². The summed E-state index contributed by atoms with van der Waals surface area (Å²) in [5.74, 6) is 0.665. The van der Waals surface area contributed by atoms with Crippen LogP contribution in [0, 0.1) is 6.92 Å². The molecule has 142 valence electrons. The van der Waals surface area contributed by atoms with Crippen LogP contribution in [0.1, 0.15) is 20.8 Å². The molecule has 8 heteroatoms. The van der Waals surface area contributed by atoms with Crippen LogP contribution in [0.2, 0.25) is 0 Å². The van der Waals surface area contributed by atoms with Gasteiger partial charge in [0.2, 0.25) is 0 Å². The third kappa shape index (κ3) is 4.01. The fraction of sp³-hybridized carbons (Fsp3) is 0.200. The lowest BCUT2D eigenvalue weighted by Crippen LogP contribution is -2.27. The lowest BCUT2D eigenvalue weighted by molar-refractivity contribution is 0.0952. The second-order valence-electron chi connectivity index (χ2n) is 6.38. The number of amides is 1. The number of carbonyl (C=O) groups excluding carboxylic acids is 1. The molecule has 2 N–H and O–H groups in total. The van der Waals surface area contributed by atoms with Crippen molar-refractivity contribution >= 4 is 34.1 Å². The molecule has 0 bridgehead atoms. The van der Waals surface area contributed by atoms with Crippen molar-refractivity contribution in [2.75, 3.05) is 11.9 Å². The van der Waals surface area contributed by atoms with E-state index >= 15 is 0 Å². The summed E-state index contributed by atoms with van der Waals surface area (Å²) in [5, 5.41) is 13.6. The van der Waals surface area contributed by atoms with E-state index in [0.29, 0.717) is 25.2 Å². The molecule has 28 heavy (non-hydrogen) atoms. The van der Waals surface area contributed by atoms with Crippen molar-refractivity contribution < 1.29 is 4.79 Å². The number of nitrogens with zero attached hydrogens (tertiary/aromatic N) is 4. The van der Waals surface area contributed by atoms with Gasteiger partial charge in [-0.25, -0.2) is 14.6 Å². The molecule has 1 aromatic carbocycles. The van der Waals surface area contributed by atoms with Crippen molar-refractivity contribution in [1.29, 1.82) is 0 Å². The van der Waals surface area contributed by atoms with Gasteiger partial charge in [-0.05, 0) is 30.5 Å². The summed E-state index contributed by atoms with van der Waals surface area (Å²) in [4.78, 5) is 22.1. The predicted molar refractivity (Wildman–Crippen MR) is 110 cm³/mol. The number of rotatable bonds is 7. The molecule has 0 aliphatic rings. The van der Waals surface area contributed by atoms with Crippen LogP contribution in [0.5, 0.6) is 0 Å². The zero-order chi connectivity index (χ0) is 19.3. The van der Waals surface area contributed by atoms with E-state index in [1.54, 1.807) is 22.2 Å². The van der Waals surface area contributed by atoms with Crippen LogP contribution in [-0.4, -0.2) is 32.2 Å². The number of anilines is 1. The Bertz CT molecular complexity index is 1070. The first kappa shape index (κ1) is 18.1.